The fourth-order valence-electron chi connectivity index (χ4n) is 2.14. The quantitative estimate of drug-likeness (QED) is 0.271. The zero-order chi connectivity index (χ0) is 17.1. The van der Waals surface area contributed by atoms with Crippen LogP contribution < -0.4 is 0 Å². The van der Waals surface area contributed by atoms with Crippen LogP contribution in [0.1, 0.15) is 5.56 Å². The molecule has 0 spiro atoms. The van der Waals surface area contributed by atoms with E-state index in [4.69, 9.17) is 9.47 Å². The molecule has 0 saturated carbocycles. The summed E-state index contributed by atoms with van der Waals surface area (Å²) >= 11 is 0. The van der Waals surface area contributed by atoms with Gasteiger partial charge in [-0.15, -0.1) is 0 Å². The summed E-state index contributed by atoms with van der Waals surface area (Å²) in [5.74, 6) is -1.40. The molecule has 9 heteroatoms. The van der Waals surface area contributed by atoms with Crippen molar-refractivity contribution in [2.24, 2.45) is 0 Å². The first-order valence-corrected chi connectivity index (χ1v) is 6.84. The molecular formula is C14H18O9. The molecule has 0 radical (unpaired) electrons. The Morgan fingerprint density at radius 1 is 1.04 bits per heavy atom. The van der Waals surface area contributed by atoms with Gasteiger partial charge < -0.3 is 40.1 Å². The first-order chi connectivity index (χ1) is 10.8. The number of ether oxygens (including phenoxy) is 2. The predicted octanol–water partition coefficient (Wildman–Crippen LogP) is -2.02. The first-order valence-electron chi connectivity index (χ1n) is 6.84. The Labute approximate surface area is 130 Å². The average molecular weight is 330 g/mol. The Balaban J connectivity index is 1.87. The number of rotatable bonds is 4. The van der Waals surface area contributed by atoms with Gasteiger partial charge in [-0.2, -0.15) is 0 Å². The van der Waals surface area contributed by atoms with Crippen molar-refractivity contribution >= 4 is 5.97 Å². The number of phenolic OH excluding ortho intramolecular Hbond substituents is 2. The molecule has 128 valence electrons. The third-order valence-corrected chi connectivity index (χ3v) is 3.48. The van der Waals surface area contributed by atoms with Gasteiger partial charge in [0, 0.05) is 0 Å². The van der Waals surface area contributed by atoms with Gasteiger partial charge in [-0.3, -0.25) is 4.79 Å². The van der Waals surface area contributed by atoms with E-state index in [2.05, 4.69) is 0 Å². The van der Waals surface area contributed by atoms with Crippen molar-refractivity contribution in [3.63, 3.8) is 0 Å². The number of aliphatic hydroxyl groups is 4. The first kappa shape index (κ1) is 17.4. The molecule has 1 aliphatic heterocycles. The minimum Gasteiger partial charge on any atom is -0.504 e. The molecule has 23 heavy (non-hydrogen) atoms. The van der Waals surface area contributed by atoms with Gasteiger partial charge in [0.15, 0.2) is 17.8 Å². The van der Waals surface area contributed by atoms with Crippen LogP contribution in [0.3, 0.4) is 0 Å². The molecule has 1 heterocycles. The van der Waals surface area contributed by atoms with Crippen LogP contribution in [0.25, 0.3) is 0 Å². The fourth-order valence-corrected chi connectivity index (χ4v) is 2.14. The lowest BCUT2D eigenvalue weighted by atomic mass is 9.99. The minimum atomic E-state index is -1.70. The van der Waals surface area contributed by atoms with Crippen LogP contribution in [0.5, 0.6) is 11.5 Å². The molecule has 1 aliphatic rings. The van der Waals surface area contributed by atoms with Crippen LogP contribution in [0.15, 0.2) is 18.2 Å². The Kier molecular flexibility index (Phi) is 5.39. The van der Waals surface area contributed by atoms with Crippen LogP contribution >= 0.6 is 0 Å². The van der Waals surface area contributed by atoms with Crippen molar-refractivity contribution in [1.82, 2.24) is 0 Å². The van der Waals surface area contributed by atoms with E-state index in [1.54, 1.807) is 0 Å². The number of esters is 1. The van der Waals surface area contributed by atoms with Crippen LogP contribution in [0.2, 0.25) is 0 Å². The predicted molar refractivity (Wildman–Crippen MR) is 73.3 cm³/mol. The Bertz CT molecular complexity index is 561. The number of benzene rings is 1. The van der Waals surface area contributed by atoms with E-state index in [0.29, 0.717) is 5.56 Å². The van der Waals surface area contributed by atoms with E-state index in [1.165, 1.54) is 18.2 Å². The van der Waals surface area contributed by atoms with Gasteiger partial charge in [0.2, 0.25) is 0 Å². The molecule has 0 aliphatic carbocycles. The topological polar surface area (TPSA) is 157 Å². The van der Waals surface area contributed by atoms with Crippen molar-refractivity contribution in [3.8, 4) is 11.5 Å². The van der Waals surface area contributed by atoms with Gasteiger partial charge in [-0.1, -0.05) is 6.07 Å². The molecule has 0 amide bonds. The molecule has 0 aromatic heterocycles. The van der Waals surface area contributed by atoms with Gasteiger partial charge in [0.25, 0.3) is 0 Å². The highest BCUT2D eigenvalue weighted by atomic mass is 16.6. The molecule has 6 N–H and O–H groups in total. The summed E-state index contributed by atoms with van der Waals surface area (Å²) < 4.78 is 9.75. The molecule has 9 nitrogen and oxygen atoms in total. The van der Waals surface area contributed by atoms with E-state index < -0.39 is 43.3 Å². The Morgan fingerprint density at radius 2 is 1.74 bits per heavy atom. The largest absolute Gasteiger partial charge is 0.504 e. The zero-order valence-corrected chi connectivity index (χ0v) is 11.9. The highest BCUT2D eigenvalue weighted by Gasteiger charge is 2.43. The lowest BCUT2D eigenvalue weighted by Crippen LogP contribution is -2.58. The summed E-state index contributed by atoms with van der Waals surface area (Å²) in [7, 11) is 0. The zero-order valence-electron chi connectivity index (χ0n) is 11.9. The maximum absolute atomic E-state index is 11.7. The third-order valence-electron chi connectivity index (χ3n) is 3.48. The number of hydrogen-bond acceptors (Lipinski definition) is 9. The molecule has 0 unspecified atom stereocenters. The van der Waals surface area contributed by atoms with Gasteiger partial charge >= 0.3 is 5.97 Å². The average Bonchev–Trinajstić information content (AvgIpc) is 2.51. The molecule has 1 aromatic carbocycles. The minimum absolute atomic E-state index is 0.204. The number of carbonyl (C=O) groups excluding carboxylic acids is 1. The highest BCUT2D eigenvalue weighted by Crippen LogP contribution is 2.25. The van der Waals surface area contributed by atoms with E-state index in [1.807, 2.05) is 0 Å². The molecule has 1 saturated heterocycles. The Hall–Kier alpha value is -1.91. The third kappa shape index (κ3) is 4.09. The smallest absolute Gasteiger partial charge is 0.310 e. The molecule has 1 aromatic rings. The van der Waals surface area contributed by atoms with Crippen molar-refractivity contribution < 1.29 is 44.9 Å². The van der Waals surface area contributed by atoms with E-state index >= 15 is 0 Å². The lowest BCUT2D eigenvalue weighted by molar-refractivity contribution is -0.287. The number of phenols is 2. The summed E-state index contributed by atoms with van der Waals surface area (Å²) in [5.41, 5.74) is 0.394. The van der Waals surface area contributed by atoms with Gasteiger partial charge in [0.1, 0.15) is 31.0 Å². The second-order valence-electron chi connectivity index (χ2n) is 5.22. The Morgan fingerprint density at radius 3 is 2.39 bits per heavy atom. The molecule has 0 bridgehead atoms. The van der Waals surface area contributed by atoms with Gasteiger partial charge in [-0.25, -0.2) is 0 Å². The molecular weight excluding hydrogens is 312 g/mol. The second kappa shape index (κ2) is 7.11. The van der Waals surface area contributed by atoms with Gasteiger partial charge in [0.05, 0.1) is 6.42 Å². The molecule has 5 atom stereocenters. The monoisotopic (exact) mass is 330 g/mol. The van der Waals surface area contributed by atoms with Crippen LogP contribution in [0, 0.1) is 0 Å². The molecule has 2 rings (SSSR count). The fraction of sp³-hybridized carbons (Fsp3) is 0.500. The summed E-state index contributed by atoms with van der Waals surface area (Å²) in [6.07, 6.45) is -7.91. The number of aliphatic hydroxyl groups excluding tert-OH is 4. The van der Waals surface area contributed by atoms with E-state index in [0.717, 1.165) is 0 Å². The van der Waals surface area contributed by atoms with Crippen LogP contribution in [-0.4, -0.2) is 73.9 Å². The summed E-state index contributed by atoms with van der Waals surface area (Å²) in [6.45, 7) is -0.440. The van der Waals surface area contributed by atoms with E-state index in [-0.39, 0.29) is 17.9 Å². The maximum Gasteiger partial charge on any atom is 0.310 e. The van der Waals surface area contributed by atoms with Crippen molar-refractivity contribution in [2.75, 3.05) is 6.61 Å². The van der Waals surface area contributed by atoms with E-state index in [9.17, 15) is 35.4 Å². The second-order valence-corrected chi connectivity index (χ2v) is 5.22. The normalized spacial score (nSPS) is 30.9. The summed E-state index contributed by atoms with van der Waals surface area (Å²) in [6, 6.07) is 3.85. The summed E-state index contributed by atoms with van der Waals surface area (Å²) in [5, 5.41) is 56.4. The standard InChI is InChI=1S/C14H18O9/c15-7-2-1-6(3-8(7)16)4-10(17)22-5-9-11(18)12(19)13(20)14(21)23-9/h1-3,9,11-16,18-21H,4-5H2/t9-,11-,12+,13-,14-/m1/s1. The van der Waals surface area contributed by atoms with Crippen LogP contribution in [0.4, 0.5) is 0 Å². The van der Waals surface area contributed by atoms with Crippen molar-refractivity contribution in [3.05, 3.63) is 23.8 Å². The number of aromatic hydroxyl groups is 2. The summed E-state index contributed by atoms with van der Waals surface area (Å²) in [4.78, 5) is 11.7. The number of hydrogen-bond donors (Lipinski definition) is 6. The molecule has 1 fully saturated rings. The SMILES string of the molecule is O=C(Cc1ccc(O)c(O)c1)OC[C@H]1O[C@@H](O)[C@H](O)[C@@H](O)[C@@H]1O. The van der Waals surface area contributed by atoms with Crippen molar-refractivity contribution in [1.29, 1.82) is 0 Å². The maximum atomic E-state index is 11.7. The van der Waals surface area contributed by atoms with Crippen LogP contribution in [-0.2, 0) is 20.7 Å². The number of carbonyl (C=O) groups is 1. The van der Waals surface area contributed by atoms with Gasteiger partial charge in [-0.05, 0) is 17.7 Å². The van der Waals surface area contributed by atoms with Crippen molar-refractivity contribution in [2.45, 2.75) is 37.1 Å². The lowest BCUT2D eigenvalue weighted by Gasteiger charge is -2.37. The highest BCUT2D eigenvalue weighted by molar-refractivity contribution is 5.73.